The third-order valence-electron chi connectivity index (χ3n) is 3.57. The molecule has 0 saturated carbocycles. The van der Waals surface area contributed by atoms with E-state index in [2.05, 4.69) is 16.0 Å². The van der Waals surface area contributed by atoms with Gasteiger partial charge in [-0.05, 0) is 36.4 Å². The number of hydrogen-bond acceptors (Lipinski definition) is 4. The summed E-state index contributed by atoms with van der Waals surface area (Å²) in [5.74, 6) is -0.559. The van der Waals surface area contributed by atoms with Crippen LogP contribution in [0.5, 0.6) is 0 Å². The van der Waals surface area contributed by atoms with E-state index in [4.69, 9.17) is 0 Å². The first-order valence-corrected chi connectivity index (χ1v) is 8.63. The number of para-hydroxylation sites is 1. The summed E-state index contributed by atoms with van der Waals surface area (Å²) in [4.78, 5) is 36.3. The first-order chi connectivity index (χ1) is 12.0. The molecule has 6 nitrogen and oxygen atoms in total. The van der Waals surface area contributed by atoms with Crippen LogP contribution in [0.2, 0.25) is 0 Å². The fraction of sp³-hybridized carbons (Fsp3) is 0.167. The molecule has 1 atom stereocenters. The van der Waals surface area contributed by atoms with E-state index >= 15 is 0 Å². The van der Waals surface area contributed by atoms with Crippen molar-refractivity contribution in [2.75, 3.05) is 16.0 Å². The molecule has 1 aliphatic rings. The zero-order chi connectivity index (χ0) is 17.8. The van der Waals surface area contributed by atoms with Crippen LogP contribution in [0.4, 0.5) is 17.1 Å². The van der Waals surface area contributed by atoms with Crippen LogP contribution in [-0.4, -0.2) is 23.0 Å². The van der Waals surface area contributed by atoms with E-state index in [0.29, 0.717) is 11.4 Å². The number of fused-ring (bicyclic) bond motifs is 1. The van der Waals surface area contributed by atoms with E-state index in [0.717, 1.165) is 10.6 Å². The Morgan fingerprint density at radius 2 is 1.68 bits per heavy atom. The van der Waals surface area contributed by atoms with Gasteiger partial charge in [-0.15, -0.1) is 11.8 Å². The lowest BCUT2D eigenvalue weighted by atomic mass is 10.2. The number of rotatable bonds is 4. The molecule has 1 aliphatic heterocycles. The van der Waals surface area contributed by atoms with Crippen LogP contribution >= 0.6 is 11.8 Å². The zero-order valence-electron chi connectivity index (χ0n) is 13.5. The zero-order valence-corrected chi connectivity index (χ0v) is 14.4. The Labute approximate surface area is 149 Å². The first-order valence-electron chi connectivity index (χ1n) is 7.75. The highest BCUT2D eigenvalue weighted by molar-refractivity contribution is 8.01. The molecule has 0 aliphatic carbocycles. The molecule has 0 radical (unpaired) electrons. The summed E-state index contributed by atoms with van der Waals surface area (Å²) in [7, 11) is 0. The molecule has 3 N–H and O–H groups in total. The minimum absolute atomic E-state index is 0.0816. The molecular weight excluding hydrogens is 338 g/mol. The van der Waals surface area contributed by atoms with Crippen molar-refractivity contribution in [3.8, 4) is 0 Å². The third-order valence-corrected chi connectivity index (χ3v) is 4.84. The molecular formula is C18H17N3O3S. The van der Waals surface area contributed by atoms with Crippen LogP contribution in [-0.2, 0) is 14.4 Å². The van der Waals surface area contributed by atoms with Gasteiger partial charge >= 0.3 is 0 Å². The molecule has 1 unspecified atom stereocenters. The summed E-state index contributed by atoms with van der Waals surface area (Å²) in [5.41, 5.74) is 2.05. The molecule has 0 spiro atoms. The highest BCUT2D eigenvalue weighted by Gasteiger charge is 2.28. The fourth-order valence-corrected chi connectivity index (χ4v) is 3.56. The first kappa shape index (κ1) is 17.0. The Morgan fingerprint density at radius 3 is 2.36 bits per heavy atom. The van der Waals surface area contributed by atoms with Gasteiger partial charge in [0.25, 0.3) is 0 Å². The van der Waals surface area contributed by atoms with E-state index < -0.39 is 5.25 Å². The second kappa shape index (κ2) is 7.40. The summed E-state index contributed by atoms with van der Waals surface area (Å²) in [6.07, 6.45) is 0.0816. The predicted octanol–water partition coefficient (Wildman–Crippen LogP) is 3.09. The summed E-state index contributed by atoms with van der Waals surface area (Å²) in [5, 5.41) is 7.79. The highest BCUT2D eigenvalue weighted by Crippen LogP contribution is 2.36. The van der Waals surface area contributed by atoms with E-state index in [1.807, 2.05) is 24.3 Å². The lowest BCUT2D eigenvalue weighted by molar-refractivity contribution is -0.120. The van der Waals surface area contributed by atoms with Crippen LogP contribution in [0.15, 0.2) is 53.4 Å². The number of carbonyl (C=O) groups is 3. The van der Waals surface area contributed by atoms with E-state index in [1.54, 1.807) is 24.3 Å². The largest absolute Gasteiger partial charge is 0.326 e. The van der Waals surface area contributed by atoms with Gasteiger partial charge in [-0.3, -0.25) is 14.4 Å². The van der Waals surface area contributed by atoms with Gasteiger partial charge in [0, 0.05) is 29.6 Å². The average Bonchev–Trinajstić information content (AvgIpc) is 2.57. The van der Waals surface area contributed by atoms with Crippen molar-refractivity contribution in [3.63, 3.8) is 0 Å². The lowest BCUT2D eigenvalue weighted by Crippen LogP contribution is -2.32. The van der Waals surface area contributed by atoms with Gasteiger partial charge in [-0.2, -0.15) is 0 Å². The smallest absolute Gasteiger partial charge is 0.238 e. The van der Waals surface area contributed by atoms with Gasteiger partial charge in [0.15, 0.2) is 0 Å². The van der Waals surface area contributed by atoms with Crippen LogP contribution in [0.3, 0.4) is 0 Å². The molecule has 128 valence electrons. The third kappa shape index (κ3) is 4.39. The lowest BCUT2D eigenvalue weighted by Gasteiger charge is -2.23. The maximum atomic E-state index is 12.2. The Kier molecular flexibility index (Phi) is 5.04. The molecule has 2 aromatic rings. The number of hydrogen-bond donors (Lipinski definition) is 3. The Balaban J connectivity index is 1.59. The van der Waals surface area contributed by atoms with Crippen LogP contribution in [0, 0.1) is 0 Å². The minimum Gasteiger partial charge on any atom is -0.326 e. The van der Waals surface area contributed by atoms with Crippen molar-refractivity contribution in [2.24, 2.45) is 0 Å². The summed E-state index contributed by atoms with van der Waals surface area (Å²) >= 11 is 1.39. The van der Waals surface area contributed by atoms with Gasteiger partial charge in [0.2, 0.25) is 17.7 Å². The molecule has 0 bridgehead atoms. The van der Waals surface area contributed by atoms with Crippen LogP contribution in [0.1, 0.15) is 13.3 Å². The fourth-order valence-electron chi connectivity index (χ4n) is 2.45. The maximum absolute atomic E-state index is 12.2. The Morgan fingerprint density at radius 1 is 1.04 bits per heavy atom. The molecule has 25 heavy (non-hydrogen) atoms. The minimum atomic E-state index is -0.464. The van der Waals surface area contributed by atoms with Crippen molar-refractivity contribution < 1.29 is 14.4 Å². The van der Waals surface area contributed by atoms with Crippen molar-refractivity contribution in [2.45, 2.75) is 23.5 Å². The number of amides is 3. The molecule has 0 saturated heterocycles. The number of carbonyl (C=O) groups excluding carboxylic acids is 3. The number of thioether (sulfide) groups is 1. The van der Waals surface area contributed by atoms with Gasteiger partial charge in [-0.25, -0.2) is 0 Å². The van der Waals surface area contributed by atoms with Crippen LogP contribution < -0.4 is 16.0 Å². The number of benzene rings is 2. The highest BCUT2D eigenvalue weighted by atomic mass is 32.2. The maximum Gasteiger partial charge on any atom is 0.238 e. The number of nitrogens with one attached hydrogen (secondary N) is 3. The number of anilines is 3. The average molecular weight is 355 g/mol. The van der Waals surface area contributed by atoms with Gasteiger partial charge < -0.3 is 16.0 Å². The molecule has 0 aromatic heterocycles. The van der Waals surface area contributed by atoms with Crippen molar-refractivity contribution >= 4 is 46.5 Å². The second-order valence-electron chi connectivity index (χ2n) is 5.60. The van der Waals surface area contributed by atoms with Gasteiger partial charge in [0.05, 0.1) is 10.9 Å². The summed E-state index contributed by atoms with van der Waals surface area (Å²) in [6, 6.07) is 14.3. The molecule has 2 aromatic carbocycles. The van der Waals surface area contributed by atoms with Gasteiger partial charge in [0.1, 0.15) is 0 Å². The summed E-state index contributed by atoms with van der Waals surface area (Å²) in [6.45, 7) is 1.43. The van der Waals surface area contributed by atoms with E-state index in [-0.39, 0.29) is 24.1 Å². The summed E-state index contributed by atoms with van der Waals surface area (Å²) < 4.78 is 0. The normalized spacial score (nSPS) is 15.7. The van der Waals surface area contributed by atoms with Crippen molar-refractivity contribution in [1.29, 1.82) is 0 Å². The van der Waals surface area contributed by atoms with E-state index in [9.17, 15) is 14.4 Å². The van der Waals surface area contributed by atoms with Crippen molar-refractivity contribution in [1.82, 2.24) is 0 Å². The Bertz CT molecular complexity index is 821. The van der Waals surface area contributed by atoms with Crippen molar-refractivity contribution in [3.05, 3.63) is 48.5 Å². The molecule has 3 rings (SSSR count). The topological polar surface area (TPSA) is 87.3 Å². The van der Waals surface area contributed by atoms with Gasteiger partial charge in [-0.1, -0.05) is 12.1 Å². The molecule has 7 heteroatoms. The monoisotopic (exact) mass is 355 g/mol. The van der Waals surface area contributed by atoms with Crippen LogP contribution in [0.25, 0.3) is 0 Å². The molecule has 3 amide bonds. The Hall–Kier alpha value is -2.80. The second-order valence-corrected chi connectivity index (χ2v) is 6.85. The van der Waals surface area contributed by atoms with E-state index in [1.165, 1.54) is 18.7 Å². The standard InChI is InChI=1S/C18H17N3O3S/c1-11(22)19-12-6-8-13(9-7-12)20-17(23)10-16-18(24)21-14-4-2-3-5-15(14)25-16/h2-9,16H,10H2,1H3,(H,19,22)(H,20,23)(H,21,24). The molecule has 1 heterocycles. The molecule has 0 fully saturated rings. The SMILES string of the molecule is CC(=O)Nc1ccc(NC(=O)CC2Sc3ccccc3NC2=O)cc1. The quantitative estimate of drug-likeness (QED) is 0.786. The predicted molar refractivity (Wildman–Crippen MR) is 98.7 cm³/mol.